The van der Waals surface area contributed by atoms with Crippen LogP contribution in [0.15, 0.2) is 48.5 Å². The molecule has 25 heavy (non-hydrogen) atoms. The Hall–Kier alpha value is -1.78. The Morgan fingerprint density at radius 3 is 2.12 bits per heavy atom. The van der Waals surface area contributed by atoms with Crippen LogP contribution in [0.4, 0.5) is 0 Å². The van der Waals surface area contributed by atoms with Crippen LogP contribution in [0, 0.1) is 0 Å². The quantitative estimate of drug-likeness (QED) is 0.586. The van der Waals surface area contributed by atoms with E-state index in [0.29, 0.717) is 13.2 Å². The van der Waals surface area contributed by atoms with Gasteiger partial charge >= 0.3 is 0 Å². The van der Waals surface area contributed by atoms with E-state index in [1.165, 1.54) is 0 Å². The molecule has 0 atom stereocenters. The minimum absolute atomic E-state index is 0.204. The van der Waals surface area contributed by atoms with Crippen molar-refractivity contribution in [2.24, 2.45) is 0 Å². The average molecular weight is 359 g/mol. The average Bonchev–Trinajstić information content (AvgIpc) is 2.58. The van der Waals surface area contributed by atoms with Crippen LogP contribution in [0.25, 0.3) is 0 Å². The molecule has 2 rings (SSSR count). The van der Waals surface area contributed by atoms with Gasteiger partial charge in [0.1, 0.15) is 6.61 Å². The minimum Gasteiger partial charge on any atom is -0.493 e. The Kier molecular flexibility index (Phi) is 6.30. The molecule has 0 bridgehead atoms. The summed E-state index contributed by atoms with van der Waals surface area (Å²) in [5.74, 6) is 1.50. The molecule has 0 unspecified atom stereocenters. The summed E-state index contributed by atoms with van der Waals surface area (Å²) in [6.45, 7) is 12.4. The van der Waals surface area contributed by atoms with Crippen LogP contribution in [0.2, 0.25) is 18.1 Å². The zero-order chi connectivity index (χ0) is 18.5. The number of methoxy groups -OCH3 is 1. The van der Waals surface area contributed by atoms with Gasteiger partial charge in [-0.25, -0.2) is 0 Å². The van der Waals surface area contributed by atoms with Gasteiger partial charge in [0, 0.05) is 0 Å². The predicted octanol–water partition coefficient (Wildman–Crippen LogP) is 5.80. The molecule has 0 saturated carbocycles. The van der Waals surface area contributed by atoms with E-state index < -0.39 is 8.32 Å². The van der Waals surface area contributed by atoms with E-state index >= 15 is 0 Å². The van der Waals surface area contributed by atoms with Crippen molar-refractivity contribution in [3.63, 3.8) is 0 Å². The Morgan fingerprint density at radius 1 is 0.840 bits per heavy atom. The zero-order valence-corrected chi connectivity index (χ0v) is 17.3. The van der Waals surface area contributed by atoms with Crippen LogP contribution < -0.4 is 9.47 Å². The van der Waals surface area contributed by atoms with Crippen LogP contribution in [-0.4, -0.2) is 15.4 Å². The van der Waals surface area contributed by atoms with Crippen LogP contribution in [0.3, 0.4) is 0 Å². The highest BCUT2D eigenvalue weighted by Gasteiger charge is 2.37. The standard InChI is InChI=1S/C21H30O3Si/c1-21(2,3)25(5,6)24-16-18-12-13-19(20(14-18)22-4)23-15-17-10-8-7-9-11-17/h7-14H,15-16H2,1-6H3. The number of hydrogen-bond donors (Lipinski definition) is 0. The van der Waals surface area contributed by atoms with Gasteiger partial charge in [0.05, 0.1) is 13.7 Å². The van der Waals surface area contributed by atoms with E-state index in [2.05, 4.69) is 39.9 Å². The number of benzene rings is 2. The molecule has 2 aromatic rings. The highest BCUT2D eigenvalue weighted by atomic mass is 28.4. The van der Waals surface area contributed by atoms with Gasteiger partial charge in [-0.1, -0.05) is 57.2 Å². The maximum Gasteiger partial charge on any atom is 0.192 e. The highest BCUT2D eigenvalue weighted by Crippen LogP contribution is 2.37. The maximum absolute atomic E-state index is 6.29. The van der Waals surface area contributed by atoms with Crippen molar-refractivity contribution >= 4 is 8.32 Å². The van der Waals surface area contributed by atoms with Crippen LogP contribution >= 0.6 is 0 Å². The maximum atomic E-state index is 6.29. The molecule has 0 fully saturated rings. The molecule has 0 amide bonds. The molecule has 0 heterocycles. The smallest absolute Gasteiger partial charge is 0.192 e. The van der Waals surface area contributed by atoms with Gasteiger partial charge in [-0.05, 0) is 41.4 Å². The minimum atomic E-state index is -1.76. The second-order valence-corrected chi connectivity index (χ2v) is 12.6. The van der Waals surface area contributed by atoms with Crippen LogP contribution in [0.1, 0.15) is 31.9 Å². The summed E-state index contributed by atoms with van der Waals surface area (Å²) < 4.78 is 17.7. The van der Waals surface area contributed by atoms with Crippen molar-refractivity contribution in [2.75, 3.05) is 7.11 Å². The van der Waals surface area contributed by atoms with Gasteiger partial charge < -0.3 is 13.9 Å². The molecule has 2 aromatic carbocycles. The molecule has 0 radical (unpaired) electrons. The molecule has 0 saturated heterocycles. The fourth-order valence-electron chi connectivity index (χ4n) is 2.14. The van der Waals surface area contributed by atoms with Gasteiger partial charge in [-0.3, -0.25) is 0 Å². The first-order chi connectivity index (χ1) is 11.7. The Morgan fingerprint density at radius 2 is 1.52 bits per heavy atom. The lowest BCUT2D eigenvalue weighted by Gasteiger charge is -2.36. The van der Waals surface area contributed by atoms with E-state index in [-0.39, 0.29) is 5.04 Å². The highest BCUT2D eigenvalue weighted by molar-refractivity contribution is 6.74. The second-order valence-electron chi connectivity index (χ2n) is 7.81. The summed E-state index contributed by atoms with van der Waals surface area (Å²) in [4.78, 5) is 0. The summed E-state index contributed by atoms with van der Waals surface area (Å²) in [6, 6.07) is 16.1. The Balaban J connectivity index is 2.03. The summed E-state index contributed by atoms with van der Waals surface area (Å²) in [5, 5.41) is 0.204. The fraction of sp³-hybridized carbons (Fsp3) is 0.429. The summed E-state index contributed by atoms with van der Waals surface area (Å²) >= 11 is 0. The Bertz CT molecular complexity index is 675. The van der Waals surface area contributed by atoms with E-state index in [9.17, 15) is 0 Å². The van der Waals surface area contributed by atoms with Gasteiger partial charge in [0.15, 0.2) is 19.8 Å². The number of hydrogen-bond acceptors (Lipinski definition) is 3. The molecule has 0 aliphatic heterocycles. The zero-order valence-electron chi connectivity index (χ0n) is 16.3. The normalized spacial score (nSPS) is 12.1. The van der Waals surface area contributed by atoms with Crippen molar-refractivity contribution < 1.29 is 13.9 Å². The lowest BCUT2D eigenvalue weighted by molar-refractivity contribution is 0.271. The predicted molar refractivity (Wildman–Crippen MR) is 106 cm³/mol. The molecule has 4 heteroatoms. The van der Waals surface area contributed by atoms with Gasteiger partial charge in [0.2, 0.25) is 0 Å². The van der Waals surface area contributed by atoms with Crippen LogP contribution in [-0.2, 0) is 17.6 Å². The first kappa shape index (κ1) is 19.5. The van der Waals surface area contributed by atoms with E-state index in [4.69, 9.17) is 13.9 Å². The lowest BCUT2D eigenvalue weighted by Crippen LogP contribution is -2.40. The monoisotopic (exact) mass is 358 g/mol. The first-order valence-electron chi connectivity index (χ1n) is 8.70. The third-order valence-electron chi connectivity index (χ3n) is 4.87. The summed E-state index contributed by atoms with van der Waals surface area (Å²) in [7, 11) is -0.0904. The van der Waals surface area contributed by atoms with E-state index in [0.717, 1.165) is 22.6 Å². The van der Waals surface area contributed by atoms with Gasteiger partial charge in [0.25, 0.3) is 0 Å². The van der Waals surface area contributed by atoms with Gasteiger partial charge in [-0.2, -0.15) is 0 Å². The first-order valence-corrected chi connectivity index (χ1v) is 11.6. The van der Waals surface area contributed by atoms with Crippen molar-refractivity contribution in [2.45, 2.75) is 52.1 Å². The van der Waals surface area contributed by atoms with Crippen molar-refractivity contribution in [3.8, 4) is 11.5 Å². The third-order valence-corrected chi connectivity index (χ3v) is 9.35. The molecule has 0 aromatic heterocycles. The van der Waals surface area contributed by atoms with Gasteiger partial charge in [-0.15, -0.1) is 0 Å². The molecular formula is C21H30O3Si. The van der Waals surface area contributed by atoms with E-state index in [1.807, 2.05) is 42.5 Å². The van der Waals surface area contributed by atoms with E-state index in [1.54, 1.807) is 7.11 Å². The molecule has 136 valence electrons. The summed E-state index contributed by atoms with van der Waals surface area (Å²) in [5.41, 5.74) is 2.24. The molecule has 0 N–H and O–H groups in total. The Labute approximate surface area is 153 Å². The fourth-order valence-corrected chi connectivity index (χ4v) is 3.10. The van der Waals surface area contributed by atoms with Crippen molar-refractivity contribution in [1.29, 1.82) is 0 Å². The number of rotatable bonds is 7. The lowest BCUT2D eigenvalue weighted by atomic mass is 10.2. The number of ether oxygens (including phenoxy) is 2. The largest absolute Gasteiger partial charge is 0.493 e. The SMILES string of the molecule is COc1cc(CO[Si](C)(C)C(C)(C)C)ccc1OCc1ccccc1. The molecule has 3 nitrogen and oxygen atoms in total. The van der Waals surface area contributed by atoms with Crippen molar-refractivity contribution in [1.82, 2.24) is 0 Å². The molecule has 0 aliphatic carbocycles. The topological polar surface area (TPSA) is 27.7 Å². The third kappa shape index (κ3) is 5.35. The molecule has 0 spiro atoms. The van der Waals surface area contributed by atoms with Crippen molar-refractivity contribution in [3.05, 3.63) is 59.7 Å². The molecular weight excluding hydrogens is 328 g/mol. The summed E-state index contributed by atoms with van der Waals surface area (Å²) in [6.07, 6.45) is 0. The second kappa shape index (κ2) is 8.06. The molecule has 0 aliphatic rings. The van der Waals surface area contributed by atoms with Crippen LogP contribution in [0.5, 0.6) is 11.5 Å².